The zero-order chi connectivity index (χ0) is 22.4. The molecule has 6 rings (SSSR count). The number of halogens is 1. The van der Waals surface area contributed by atoms with Crippen LogP contribution in [0.25, 0.3) is 28.1 Å². The molecule has 0 radical (unpaired) electrons. The number of ether oxygens (including phenoxy) is 2. The van der Waals surface area contributed by atoms with E-state index >= 15 is 0 Å². The quantitative estimate of drug-likeness (QED) is 0.452. The van der Waals surface area contributed by atoms with Crippen LogP contribution < -0.4 is 5.56 Å². The van der Waals surface area contributed by atoms with Gasteiger partial charge in [-0.15, -0.1) is 0 Å². The van der Waals surface area contributed by atoms with Crippen LogP contribution >= 0.6 is 0 Å². The smallest absolute Gasteiger partial charge is 0.279 e. The average molecular weight is 454 g/mol. The van der Waals surface area contributed by atoms with E-state index in [1.165, 1.54) is 18.5 Å². The van der Waals surface area contributed by atoms with Crippen molar-refractivity contribution in [1.29, 1.82) is 0 Å². The van der Waals surface area contributed by atoms with Gasteiger partial charge in [0, 0.05) is 32.8 Å². The fourth-order valence-electron chi connectivity index (χ4n) is 4.58. The summed E-state index contributed by atoms with van der Waals surface area (Å²) < 4.78 is 33.9. The lowest BCUT2D eigenvalue weighted by Crippen LogP contribution is -2.39. The van der Waals surface area contributed by atoms with Crippen molar-refractivity contribution >= 4 is 16.6 Å². The molecule has 10 nitrogen and oxygen atoms in total. The SMILES string of the molecule is O=c1c2c(-c3nc(C4CCCO4)no3)ncn2c2ccc(F)cc2n1CCN1CCOCC1. The van der Waals surface area contributed by atoms with Crippen LogP contribution in [-0.4, -0.2) is 68.4 Å². The van der Waals surface area contributed by atoms with Gasteiger partial charge >= 0.3 is 0 Å². The molecule has 0 saturated carbocycles. The van der Waals surface area contributed by atoms with Crippen molar-refractivity contribution in [2.75, 3.05) is 39.5 Å². The maximum Gasteiger partial charge on any atom is 0.279 e. The highest BCUT2D eigenvalue weighted by Crippen LogP contribution is 2.29. The first-order valence-electron chi connectivity index (χ1n) is 11.1. The van der Waals surface area contributed by atoms with Crippen molar-refractivity contribution in [2.45, 2.75) is 25.5 Å². The molecule has 0 spiro atoms. The predicted octanol–water partition coefficient (Wildman–Crippen LogP) is 2.02. The van der Waals surface area contributed by atoms with Crippen molar-refractivity contribution in [2.24, 2.45) is 0 Å². The summed E-state index contributed by atoms with van der Waals surface area (Å²) in [4.78, 5) is 24.8. The number of hydrogen-bond donors (Lipinski definition) is 0. The summed E-state index contributed by atoms with van der Waals surface area (Å²) in [6.07, 6.45) is 3.10. The molecular formula is C22H23FN6O4. The number of hydrogen-bond acceptors (Lipinski definition) is 8. The summed E-state index contributed by atoms with van der Waals surface area (Å²) in [5, 5.41) is 4.05. The Bertz CT molecular complexity index is 1370. The maximum absolute atomic E-state index is 14.2. The molecule has 1 atom stereocenters. The summed E-state index contributed by atoms with van der Waals surface area (Å²) >= 11 is 0. The molecule has 0 amide bonds. The summed E-state index contributed by atoms with van der Waals surface area (Å²) in [5.74, 6) is 0.222. The lowest BCUT2D eigenvalue weighted by Gasteiger charge is -2.27. The molecular weight excluding hydrogens is 431 g/mol. The van der Waals surface area contributed by atoms with Crippen molar-refractivity contribution < 1.29 is 18.4 Å². The normalized spacial score (nSPS) is 19.7. The fourth-order valence-corrected chi connectivity index (χ4v) is 4.58. The molecule has 11 heteroatoms. The number of aromatic nitrogens is 5. The third kappa shape index (κ3) is 3.62. The second kappa shape index (κ2) is 8.32. The largest absolute Gasteiger partial charge is 0.379 e. The molecule has 4 aromatic rings. The summed E-state index contributed by atoms with van der Waals surface area (Å²) in [6, 6.07) is 4.41. The van der Waals surface area contributed by atoms with E-state index in [2.05, 4.69) is 20.0 Å². The van der Waals surface area contributed by atoms with Gasteiger partial charge in [0.05, 0.1) is 24.2 Å². The third-order valence-corrected chi connectivity index (χ3v) is 6.31. The van der Waals surface area contributed by atoms with Crippen molar-refractivity contribution in [1.82, 2.24) is 29.0 Å². The van der Waals surface area contributed by atoms with Crippen LogP contribution in [0.15, 0.2) is 33.8 Å². The lowest BCUT2D eigenvalue weighted by atomic mass is 10.2. The first kappa shape index (κ1) is 20.5. The van der Waals surface area contributed by atoms with Gasteiger partial charge in [-0.2, -0.15) is 4.98 Å². The van der Waals surface area contributed by atoms with Gasteiger partial charge in [0.25, 0.3) is 11.4 Å². The average Bonchev–Trinajstić information content (AvgIpc) is 3.59. The van der Waals surface area contributed by atoms with E-state index in [0.29, 0.717) is 61.0 Å². The Morgan fingerprint density at radius 2 is 2.00 bits per heavy atom. The van der Waals surface area contributed by atoms with Gasteiger partial charge in [-0.1, -0.05) is 5.16 Å². The number of rotatable bonds is 5. The number of imidazole rings is 1. The molecule has 0 aliphatic carbocycles. The monoisotopic (exact) mass is 454 g/mol. The molecule has 172 valence electrons. The van der Waals surface area contributed by atoms with Crippen LogP contribution in [0.4, 0.5) is 4.39 Å². The van der Waals surface area contributed by atoms with Crippen molar-refractivity contribution in [3.63, 3.8) is 0 Å². The zero-order valence-electron chi connectivity index (χ0n) is 17.9. The molecule has 0 N–H and O–H groups in total. The highest BCUT2D eigenvalue weighted by atomic mass is 19.1. The van der Waals surface area contributed by atoms with Crippen molar-refractivity contribution in [3.8, 4) is 11.6 Å². The van der Waals surface area contributed by atoms with Crippen LogP contribution in [-0.2, 0) is 16.0 Å². The molecule has 2 aliphatic rings. The van der Waals surface area contributed by atoms with E-state index in [9.17, 15) is 9.18 Å². The van der Waals surface area contributed by atoms with Crippen LogP contribution in [0, 0.1) is 5.82 Å². The maximum atomic E-state index is 14.2. The third-order valence-electron chi connectivity index (χ3n) is 6.31. The Morgan fingerprint density at radius 1 is 1.12 bits per heavy atom. The molecule has 3 aromatic heterocycles. The van der Waals surface area contributed by atoms with E-state index in [-0.39, 0.29) is 17.6 Å². The van der Waals surface area contributed by atoms with E-state index in [4.69, 9.17) is 14.0 Å². The van der Waals surface area contributed by atoms with Gasteiger partial charge in [0.15, 0.2) is 5.69 Å². The lowest BCUT2D eigenvalue weighted by molar-refractivity contribution is 0.0364. The molecule has 1 aromatic carbocycles. The van der Waals surface area contributed by atoms with Gasteiger partial charge in [-0.05, 0) is 31.0 Å². The van der Waals surface area contributed by atoms with Gasteiger partial charge in [0.2, 0.25) is 5.82 Å². The Kier molecular flexibility index (Phi) is 5.16. The molecule has 33 heavy (non-hydrogen) atoms. The van der Waals surface area contributed by atoms with Crippen LogP contribution in [0.5, 0.6) is 0 Å². The number of fused-ring (bicyclic) bond motifs is 3. The molecule has 2 fully saturated rings. The number of nitrogens with zero attached hydrogens (tertiary/aromatic N) is 6. The van der Waals surface area contributed by atoms with Crippen LogP contribution in [0.2, 0.25) is 0 Å². The fraction of sp³-hybridized carbons (Fsp3) is 0.455. The highest BCUT2D eigenvalue weighted by Gasteiger charge is 2.26. The molecule has 1 unspecified atom stereocenters. The van der Waals surface area contributed by atoms with Gasteiger partial charge in [0.1, 0.15) is 23.8 Å². The van der Waals surface area contributed by atoms with E-state index in [1.807, 2.05) is 0 Å². The molecule has 5 heterocycles. The van der Waals surface area contributed by atoms with Gasteiger partial charge < -0.3 is 18.6 Å². The minimum Gasteiger partial charge on any atom is -0.379 e. The van der Waals surface area contributed by atoms with Crippen LogP contribution in [0.3, 0.4) is 0 Å². The van der Waals surface area contributed by atoms with E-state index < -0.39 is 5.82 Å². The Morgan fingerprint density at radius 3 is 2.82 bits per heavy atom. The summed E-state index contributed by atoms with van der Waals surface area (Å²) in [6.45, 7) is 4.66. The minimum atomic E-state index is -0.403. The minimum absolute atomic E-state index is 0.168. The van der Waals surface area contributed by atoms with E-state index in [0.717, 1.165) is 25.9 Å². The highest BCUT2D eigenvalue weighted by molar-refractivity contribution is 5.83. The Hall–Kier alpha value is -3.15. The number of morpholine rings is 1. The summed E-state index contributed by atoms with van der Waals surface area (Å²) in [7, 11) is 0. The number of benzene rings is 1. The van der Waals surface area contributed by atoms with E-state index in [1.54, 1.807) is 15.0 Å². The molecule has 2 saturated heterocycles. The Labute approximate surface area is 187 Å². The van der Waals surface area contributed by atoms with Gasteiger partial charge in [-0.3, -0.25) is 14.1 Å². The second-order valence-corrected chi connectivity index (χ2v) is 8.32. The van der Waals surface area contributed by atoms with Crippen LogP contribution in [0.1, 0.15) is 24.8 Å². The summed E-state index contributed by atoms with van der Waals surface area (Å²) in [5.41, 5.74) is 1.52. The molecule has 2 aliphatic heterocycles. The molecule has 0 bridgehead atoms. The zero-order valence-corrected chi connectivity index (χ0v) is 17.9. The van der Waals surface area contributed by atoms with Crippen molar-refractivity contribution in [3.05, 3.63) is 46.5 Å². The first-order valence-corrected chi connectivity index (χ1v) is 11.1. The first-order chi connectivity index (χ1) is 16.2. The second-order valence-electron chi connectivity index (χ2n) is 8.32. The van der Waals surface area contributed by atoms with Gasteiger partial charge in [-0.25, -0.2) is 9.37 Å². The standard InChI is InChI=1S/C22H23FN6O4/c23-14-3-4-15-16(12-14)28(6-5-27-7-10-31-11-8-27)22(30)19-18(24-13-29(15)19)21-25-20(26-33-21)17-2-1-9-32-17/h3-4,12-13,17H,1-2,5-11H2. The predicted molar refractivity (Wildman–Crippen MR) is 115 cm³/mol. The Balaban J connectivity index is 1.46. The topological polar surface area (TPSA) is 99.9 Å².